The predicted octanol–water partition coefficient (Wildman–Crippen LogP) is 11.3. The summed E-state index contributed by atoms with van der Waals surface area (Å²) in [6.07, 6.45) is 47.8. The van der Waals surface area contributed by atoms with E-state index in [9.17, 15) is 0 Å². The van der Waals surface area contributed by atoms with Crippen LogP contribution in [0.5, 0.6) is 0 Å². The molecule has 0 amide bonds. The molecule has 3 unspecified atom stereocenters. The summed E-state index contributed by atoms with van der Waals surface area (Å²) >= 11 is 3.81. The molecule has 0 heterocycles. The molecule has 0 aliphatic heterocycles. The highest BCUT2D eigenvalue weighted by molar-refractivity contribution is 9.11. The van der Waals surface area contributed by atoms with Crippen molar-refractivity contribution < 1.29 is 0 Å². The molecule has 196 valence electrons. The van der Waals surface area contributed by atoms with Gasteiger partial charge in [-0.1, -0.05) is 107 Å². The van der Waals surface area contributed by atoms with E-state index < -0.39 is 0 Å². The SMILES string of the molecule is C/C=C\C(=C/C)C12CCCC(C3=CCCC=C3)(CC(CCC3=CCCC=C3)(C3=CC=C(Br)CC=C3)C1)C2. The number of rotatable bonds is 7. The lowest BCUT2D eigenvalue weighted by molar-refractivity contribution is -0.0210. The van der Waals surface area contributed by atoms with E-state index in [1.165, 1.54) is 81.5 Å². The van der Waals surface area contributed by atoms with Gasteiger partial charge in [-0.25, -0.2) is 0 Å². The molecule has 0 nitrogen and oxygen atoms in total. The molecule has 5 rings (SSSR count). The van der Waals surface area contributed by atoms with Gasteiger partial charge in [-0.05, 0) is 128 Å². The van der Waals surface area contributed by atoms with Gasteiger partial charge in [-0.2, -0.15) is 0 Å². The van der Waals surface area contributed by atoms with Gasteiger partial charge in [-0.3, -0.25) is 0 Å². The largest absolute Gasteiger partial charge is 0.0874 e. The van der Waals surface area contributed by atoms with Crippen LogP contribution in [-0.2, 0) is 0 Å². The van der Waals surface area contributed by atoms with Crippen molar-refractivity contribution in [2.45, 2.75) is 97.3 Å². The van der Waals surface area contributed by atoms with Crippen molar-refractivity contribution in [2.75, 3.05) is 0 Å². The average Bonchev–Trinajstić information content (AvgIpc) is 3.16. The number of halogens is 1. The Morgan fingerprint density at radius 3 is 2.41 bits per heavy atom. The van der Waals surface area contributed by atoms with E-state index in [1.54, 1.807) is 22.3 Å². The molecule has 2 fully saturated rings. The Morgan fingerprint density at radius 2 is 1.68 bits per heavy atom. The molecule has 0 aromatic carbocycles. The van der Waals surface area contributed by atoms with E-state index in [2.05, 4.69) is 109 Å². The van der Waals surface area contributed by atoms with Gasteiger partial charge >= 0.3 is 0 Å². The molecule has 2 saturated carbocycles. The molecular weight excluding hydrogens is 512 g/mol. The monoisotopic (exact) mass is 556 g/mol. The summed E-state index contributed by atoms with van der Waals surface area (Å²) in [4.78, 5) is 0. The first-order chi connectivity index (χ1) is 18.0. The standard InChI is InChI=1S/C36H45Br/c1-3-13-30(4-2)34-23-12-24-35(26-34,31-16-9-6-10-17-31)28-36(27-34,25-22-29-14-7-5-8-15-29)32-18-11-19-33(37)21-20-32/h3-4,7,9,11,13-18,20-21H,5-6,8,10,12,19,22-28H2,1-2H3/b13-3-,30-4+. The van der Waals surface area contributed by atoms with Crippen molar-refractivity contribution in [1.29, 1.82) is 0 Å². The molecular formula is C36H45Br. The van der Waals surface area contributed by atoms with Crippen LogP contribution in [0.1, 0.15) is 97.3 Å². The van der Waals surface area contributed by atoms with Crippen LogP contribution in [0.15, 0.2) is 106 Å². The second kappa shape index (κ2) is 11.5. The highest BCUT2D eigenvalue weighted by Gasteiger charge is 2.58. The Labute approximate surface area is 234 Å². The van der Waals surface area contributed by atoms with Crippen molar-refractivity contribution in [1.82, 2.24) is 0 Å². The van der Waals surface area contributed by atoms with Gasteiger partial charge in [0.2, 0.25) is 0 Å². The third kappa shape index (κ3) is 5.49. The summed E-state index contributed by atoms with van der Waals surface area (Å²) in [7, 11) is 0. The van der Waals surface area contributed by atoms with Gasteiger partial charge in [0.1, 0.15) is 0 Å². The van der Waals surface area contributed by atoms with Crippen LogP contribution in [0.4, 0.5) is 0 Å². The third-order valence-electron chi connectivity index (χ3n) is 9.85. The second-order valence-electron chi connectivity index (χ2n) is 12.2. The fourth-order valence-electron chi connectivity index (χ4n) is 8.43. The minimum absolute atomic E-state index is 0.164. The summed E-state index contributed by atoms with van der Waals surface area (Å²) in [6.45, 7) is 4.47. The lowest BCUT2D eigenvalue weighted by Crippen LogP contribution is -2.51. The van der Waals surface area contributed by atoms with Crippen LogP contribution in [0.2, 0.25) is 0 Å². The first-order valence-electron chi connectivity index (χ1n) is 14.8. The zero-order valence-electron chi connectivity index (χ0n) is 23.1. The number of allylic oxidation sites excluding steroid dienone is 18. The quantitative estimate of drug-likeness (QED) is 0.273. The topological polar surface area (TPSA) is 0 Å². The molecule has 0 aromatic rings. The Kier molecular flexibility index (Phi) is 8.30. The van der Waals surface area contributed by atoms with Crippen molar-refractivity contribution in [2.24, 2.45) is 16.2 Å². The van der Waals surface area contributed by atoms with E-state index in [0.717, 1.165) is 6.42 Å². The zero-order valence-corrected chi connectivity index (χ0v) is 24.7. The summed E-state index contributed by atoms with van der Waals surface area (Å²) in [5, 5.41) is 0. The van der Waals surface area contributed by atoms with Crippen molar-refractivity contribution in [3.63, 3.8) is 0 Å². The Balaban J connectivity index is 1.66. The van der Waals surface area contributed by atoms with Gasteiger partial charge in [-0.15, -0.1) is 0 Å². The van der Waals surface area contributed by atoms with Crippen molar-refractivity contribution >= 4 is 15.9 Å². The zero-order chi connectivity index (χ0) is 25.8. The van der Waals surface area contributed by atoms with Crippen LogP contribution >= 0.6 is 15.9 Å². The number of hydrogen-bond acceptors (Lipinski definition) is 0. The average molecular weight is 558 g/mol. The Hall–Kier alpha value is -1.86. The molecule has 37 heavy (non-hydrogen) atoms. The van der Waals surface area contributed by atoms with Gasteiger partial charge < -0.3 is 0 Å². The molecule has 0 radical (unpaired) electrons. The van der Waals surface area contributed by atoms with Crippen molar-refractivity contribution in [3.8, 4) is 0 Å². The molecule has 0 spiro atoms. The lowest BCUT2D eigenvalue weighted by Gasteiger charge is -2.61. The maximum atomic E-state index is 3.81. The third-order valence-corrected chi connectivity index (χ3v) is 10.4. The van der Waals surface area contributed by atoms with Crippen LogP contribution in [0.25, 0.3) is 0 Å². The molecule has 0 saturated heterocycles. The highest BCUT2D eigenvalue weighted by atomic mass is 79.9. The summed E-state index contributed by atoms with van der Waals surface area (Å²) in [5.41, 5.74) is 7.01. The second-order valence-corrected chi connectivity index (χ2v) is 13.2. The normalized spacial score (nSPS) is 34.1. The molecule has 0 N–H and O–H groups in total. The van der Waals surface area contributed by atoms with Gasteiger partial charge in [0, 0.05) is 0 Å². The molecule has 3 atom stereocenters. The smallest absolute Gasteiger partial charge is 0.00115 e. The molecule has 5 aliphatic carbocycles. The molecule has 2 bridgehead atoms. The van der Waals surface area contributed by atoms with Crippen LogP contribution in [-0.4, -0.2) is 0 Å². The van der Waals surface area contributed by atoms with E-state index in [1.807, 2.05) is 0 Å². The minimum atomic E-state index is 0.164. The Morgan fingerprint density at radius 1 is 0.865 bits per heavy atom. The fourth-order valence-corrected chi connectivity index (χ4v) is 8.75. The summed E-state index contributed by atoms with van der Waals surface area (Å²) in [5.74, 6) is 0. The predicted molar refractivity (Wildman–Crippen MR) is 165 cm³/mol. The maximum absolute atomic E-state index is 3.81. The fraction of sp³-hybridized carbons (Fsp3) is 0.500. The minimum Gasteiger partial charge on any atom is -0.0874 e. The van der Waals surface area contributed by atoms with E-state index in [0.29, 0.717) is 0 Å². The van der Waals surface area contributed by atoms with E-state index in [4.69, 9.17) is 0 Å². The first-order valence-corrected chi connectivity index (χ1v) is 15.6. The van der Waals surface area contributed by atoms with E-state index >= 15 is 0 Å². The highest BCUT2D eigenvalue weighted by Crippen LogP contribution is 2.69. The Bertz CT molecular complexity index is 1120. The van der Waals surface area contributed by atoms with E-state index in [-0.39, 0.29) is 16.2 Å². The maximum Gasteiger partial charge on any atom is -0.00115 e. The van der Waals surface area contributed by atoms with Crippen molar-refractivity contribution in [3.05, 3.63) is 106 Å². The molecule has 0 aromatic heterocycles. The van der Waals surface area contributed by atoms with Crippen LogP contribution < -0.4 is 0 Å². The van der Waals surface area contributed by atoms with Crippen LogP contribution in [0, 0.1) is 16.2 Å². The van der Waals surface area contributed by atoms with Gasteiger partial charge in [0.05, 0.1) is 0 Å². The molecule has 1 heteroatoms. The van der Waals surface area contributed by atoms with Gasteiger partial charge in [0.25, 0.3) is 0 Å². The summed E-state index contributed by atoms with van der Waals surface area (Å²) < 4.78 is 1.29. The van der Waals surface area contributed by atoms with Crippen LogP contribution in [0.3, 0.4) is 0 Å². The molecule has 5 aliphatic rings. The number of hydrogen-bond donors (Lipinski definition) is 0. The van der Waals surface area contributed by atoms with Gasteiger partial charge in [0.15, 0.2) is 0 Å². The number of fused-ring (bicyclic) bond motifs is 2. The first kappa shape index (κ1) is 26.7. The lowest BCUT2D eigenvalue weighted by atomic mass is 9.42. The summed E-state index contributed by atoms with van der Waals surface area (Å²) in [6, 6.07) is 0.